The van der Waals surface area contributed by atoms with Gasteiger partial charge in [-0.2, -0.15) is 4.39 Å². The van der Waals surface area contributed by atoms with Crippen LogP contribution in [0.2, 0.25) is 0 Å². The number of amides is 1. The van der Waals surface area contributed by atoms with Crippen molar-refractivity contribution in [2.45, 2.75) is 13.5 Å². The molecule has 1 atom stereocenters. The van der Waals surface area contributed by atoms with Crippen molar-refractivity contribution in [1.82, 2.24) is 9.58 Å². The lowest BCUT2D eigenvalue weighted by Gasteiger charge is -2.43. The van der Waals surface area contributed by atoms with Gasteiger partial charge in [0.2, 0.25) is 11.2 Å². The first-order valence-corrected chi connectivity index (χ1v) is 10.3. The number of carbonyl (C=O) groups is 1. The number of pyridine rings is 1. The Morgan fingerprint density at radius 2 is 1.76 bits per heavy atom. The molecule has 34 heavy (non-hydrogen) atoms. The van der Waals surface area contributed by atoms with Crippen LogP contribution in [0.25, 0.3) is 0 Å². The monoisotopic (exact) mass is 467 g/mol. The number of rotatable bonds is 1. The molecule has 0 spiro atoms. The second-order valence-corrected chi connectivity index (χ2v) is 7.71. The van der Waals surface area contributed by atoms with Crippen molar-refractivity contribution >= 4 is 5.91 Å². The van der Waals surface area contributed by atoms with Gasteiger partial charge < -0.3 is 14.7 Å². The molecule has 0 aliphatic carbocycles. The van der Waals surface area contributed by atoms with Crippen molar-refractivity contribution in [2.24, 2.45) is 0 Å². The first-order chi connectivity index (χ1) is 16.0. The van der Waals surface area contributed by atoms with E-state index in [1.54, 1.807) is 29.3 Å². The molecule has 2 aliphatic heterocycles. The van der Waals surface area contributed by atoms with Crippen LogP contribution in [0.15, 0.2) is 71.7 Å². The molecule has 1 N–H and O–H groups in total. The highest BCUT2D eigenvalue weighted by Gasteiger charge is 2.38. The molecule has 0 fully saturated rings. The molecule has 0 saturated carbocycles. The number of carbonyl (C=O) groups excluding carboxylic acids is 1. The Morgan fingerprint density at radius 1 is 1.00 bits per heavy atom. The minimum absolute atomic E-state index is 0. The summed E-state index contributed by atoms with van der Waals surface area (Å²) in [4.78, 5) is 26.7. The van der Waals surface area contributed by atoms with Gasteiger partial charge in [0.1, 0.15) is 19.3 Å². The molecular formula is C25H23F2N3O4. The molecule has 0 radical (unpaired) electrons. The van der Waals surface area contributed by atoms with Gasteiger partial charge in [-0.1, -0.05) is 43.8 Å². The van der Waals surface area contributed by atoms with Gasteiger partial charge in [-0.15, -0.1) is 0 Å². The summed E-state index contributed by atoms with van der Waals surface area (Å²) >= 11 is 0. The van der Waals surface area contributed by atoms with E-state index in [0.717, 1.165) is 12.1 Å². The first-order valence-electron chi connectivity index (χ1n) is 10.3. The van der Waals surface area contributed by atoms with E-state index < -0.39 is 34.8 Å². The number of hydrogen-bond acceptors (Lipinski definition) is 5. The van der Waals surface area contributed by atoms with Crippen LogP contribution in [0.4, 0.5) is 8.78 Å². The largest absolute Gasteiger partial charge is 0.502 e. The second kappa shape index (κ2) is 9.01. The maximum atomic E-state index is 14.9. The van der Waals surface area contributed by atoms with Crippen molar-refractivity contribution < 1.29 is 23.4 Å². The van der Waals surface area contributed by atoms with E-state index in [0.29, 0.717) is 11.1 Å². The van der Waals surface area contributed by atoms with Crippen LogP contribution in [-0.2, 0) is 0 Å². The summed E-state index contributed by atoms with van der Waals surface area (Å²) < 4.78 is 36.1. The summed E-state index contributed by atoms with van der Waals surface area (Å²) in [5.74, 6) is -3.61. The molecule has 1 amide bonds. The van der Waals surface area contributed by atoms with Gasteiger partial charge in [0.05, 0.1) is 0 Å². The standard InChI is InChI=1S/C24H19F2N3O4.CH4/c25-17-9-8-16-20(15-6-2-1-3-7-15)29-14-27(11-4-5-13-33-23(16)19(17)26)24(32)21-22(31)18(30)10-12-28(21)29;/h1-10,12,20,31H,11,13-14H2;1H4/b5-4-;/t20-;/m1./s1. The van der Waals surface area contributed by atoms with Crippen LogP contribution in [0, 0.1) is 11.6 Å². The van der Waals surface area contributed by atoms with Crippen LogP contribution >= 0.6 is 0 Å². The zero-order valence-corrected chi connectivity index (χ0v) is 17.3. The maximum Gasteiger partial charge on any atom is 0.278 e. The fraction of sp³-hybridized carbons (Fsp3) is 0.200. The molecular weight excluding hydrogens is 444 g/mol. The number of ether oxygens (including phenoxy) is 1. The molecule has 3 heterocycles. The number of hydrogen-bond donors (Lipinski definition) is 1. The van der Waals surface area contributed by atoms with E-state index in [1.807, 2.05) is 18.2 Å². The van der Waals surface area contributed by atoms with E-state index in [2.05, 4.69) is 0 Å². The topological polar surface area (TPSA) is 75.0 Å². The van der Waals surface area contributed by atoms with Gasteiger partial charge in [0.25, 0.3) is 5.91 Å². The Balaban J connectivity index is 0.00000274. The van der Waals surface area contributed by atoms with Crippen LogP contribution in [0.5, 0.6) is 11.5 Å². The van der Waals surface area contributed by atoms with Gasteiger partial charge in [0, 0.05) is 24.4 Å². The number of fused-ring (bicyclic) bond motifs is 5. The summed E-state index contributed by atoms with van der Waals surface area (Å²) in [6.45, 7) is 0.180. The Kier molecular flexibility index (Phi) is 6.10. The van der Waals surface area contributed by atoms with Gasteiger partial charge in [-0.25, -0.2) is 4.39 Å². The predicted molar refractivity (Wildman–Crippen MR) is 122 cm³/mol. The van der Waals surface area contributed by atoms with Crippen molar-refractivity contribution in [3.05, 3.63) is 106 Å². The molecule has 3 aromatic rings. The van der Waals surface area contributed by atoms with E-state index in [-0.39, 0.29) is 38.7 Å². The molecule has 0 unspecified atom stereocenters. The number of benzene rings is 2. The van der Waals surface area contributed by atoms with Crippen molar-refractivity contribution in [1.29, 1.82) is 0 Å². The van der Waals surface area contributed by atoms with Gasteiger partial charge in [0.15, 0.2) is 23.0 Å². The Hall–Kier alpha value is -4.14. The fourth-order valence-electron chi connectivity index (χ4n) is 4.19. The van der Waals surface area contributed by atoms with Crippen LogP contribution < -0.4 is 15.2 Å². The molecule has 176 valence electrons. The normalized spacial score (nSPS) is 18.1. The molecule has 9 heteroatoms. The Labute approximate surface area is 194 Å². The third-order valence-corrected chi connectivity index (χ3v) is 5.74. The number of aromatic hydroxyl groups is 1. The fourth-order valence-corrected chi connectivity index (χ4v) is 4.19. The second-order valence-electron chi connectivity index (χ2n) is 7.71. The van der Waals surface area contributed by atoms with Crippen molar-refractivity contribution in [2.75, 3.05) is 24.8 Å². The van der Waals surface area contributed by atoms with Gasteiger partial charge in [-0.05, 0) is 23.8 Å². The van der Waals surface area contributed by atoms with Crippen molar-refractivity contribution in [3.63, 3.8) is 0 Å². The van der Waals surface area contributed by atoms with Gasteiger partial charge >= 0.3 is 0 Å². The first kappa shape index (κ1) is 23.0. The van der Waals surface area contributed by atoms with Gasteiger partial charge in [-0.3, -0.25) is 19.3 Å². The predicted octanol–water partition coefficient (Wildman–Crippen LogP) is 3.56. The molecule has 5 rings (SSSR count). The van der Waals surface area contributed by atoms with E-state index in [4.69, 9.17) is 4.74 Å². The third kappa shape index (κ3) is 3.68. The maximum absolute atomic E-state index is 14.9. The zero-order chi connectivity index (χ0) is 23.1. The third-order valence-electron chi connectivity index (χ3n) is 5.74. The molecule has 2 aliphatic rings. The van der Waals surface area contributed by atoms with Crippen LogP contribution in [-0.4, -0.2) is 40.4 Å². The highest BCUT2D eigenvalue weighted by Crippen LogP contribution is 2.38. The van der Waals surface area contributed by atoms with E-state index >= 15 is 0 Å². The molecule has 2 bridgehead atoms. The summed E-state index contributed by atoms with van der Waals surface area (Å²) in [7, 11) is 0. The molecule has 7 nitrogen and oxygen atoms in total. The number of aromatic nitrogens is 1. The summed E-state index contributed by atoms with van der Waals surface area (Å²) in [5, 5.41) is 12.2. The Morgan fingerprint density at radius 3 is 2.53 bits per heavy atom. The molecule has 2 aromatic carbocycles. The molecule has 0 saturated heterocycles. The molecule has 1 aromatic heterocycles. The lowest BCUT2D eigenvalue weighted by molar-refractivity contribution is 0.0701. The smallest absolute Gasteiger partial charge is 0.278 e. The highest BCUT2D eigenvalue weighted by molar-refractivity contribution is 5.96. The van der Waals surface area contributed by atoms with E-state index in [1.165, 1.54) is 21.8 Å². The minimum atomic E-state index is -1.12. The average Bonchev–Trinajstić information content (AvgIpc) is 2.85. The lowest BCUT2D eigenvalue weighted by atomic mass is 9.96. The Bertz CT molecular complexity index is 1320. The number of nitrogens with zero attached hydrogens (tertiary/aromatic N) is 3. The lowest BCUT2D eigenvalue weighted by Crippen LogP contribution is -2.55. The number of halogens is 2. The van der Waals surface area contributed by atoms with Crippen LogP contribution in [0.1, 0.15) is 35.1 Å². The highest BCUT2D eigenvalue weighted by atomic mass is 19.2. The minimum Gasteiger partial charge on any atom is -0.502 e. The summed E-state index contributed by atoms with van der Waals surface area (Å²) in [6.07, 6.45) is 4.64. The van der Waals surface area contributed by atoms with Crippen molar-refractivity contribution in [3.8, 4) is 11.5 Å². The SMILES string of the molecule is C.O=C1c2c(O)c(=O)ccn2N2CN1C/C=C\COc1c(ccc(F)c1F)[C@H]2c1ccccc1. The summed E-state index contributed by atoms with van der Waals surface area (Å²) in [6, 6.07) is 11.9. The quantitative estimate of drug-likeness (QED) is 0.554. The average molecular weight is 467 g/mol. The van der Waals surface area contributed by atoms with Crippen LogP contribution in [0.3, 0.4) is 0 Å². The summed E-state index contributed by atoms with van der Waals surface area (Å²) in [5.41, 5.74) is 0.143. The van der Waals surface area contributed by atoms with E-state index in [9.17, 15) is 23.5 Å². The zero-order valence-electron chi connectivity index (χ0n) is 17.3.